The number of aldehydes is 1. The highest BCUT2D eigenvalue weighted by molar-refractivity contribution is 5.97. The lowest BCUT2D eigenvalue weighted by molar-refractivity contribution is -0.109. The summed E-state index contributed by atoms with van der Waals surface area (Å²) in [6.07, 6.45) is 12.2. The quantitative estimate of drug-likeness (QED) is 0.634. The molecule has 1 N–H and O–H groups in total. The Hall–Kier alpha value is -1.90. The van der Waals surface area contributed by atoms with Gasteiger partial charge in [-0.25, -0.2) is 0 Å². The molecule has 2 rings (SSSR count). The van der Waals surface area contributed by atoms with Gasteiger partial charge in [-0.15, -0.1) is 0 Å². The molecule has 1 amide bonds. The molecule has 1 aliphatic heterocycles. The molecule has 21 heavy (non-hydrogen) atoms. The van der Waals surface area contributed by atoms with Gasteiger partial charge in [0.15, 0.2) is 0 Å². The molecule has 112 valence electrons. The number of benzene rings is 1. The summed E-state index contributed by atoms with van der Waals surface area (Å²) < 4.78 is 0. The standard InChI is InChI=1S/C18H23NO2/c20-14-16-12-7-5-3-1-2-4-6-10-15-11-8-9-13-17(15)18(21)19-16/h5,7-9,11,13-14,16H,1-4,6,10,12H2,(H,19,21)/b7-5+. The minimum absolute atomic E-state index is 0.145. The number of amides is 1. The second kappa shape index (κ2) is 8.40. The second-order valence-electron chi connectivity index (χ2n) is 5.53. The van der Waals surface area contributed by atoms with Crippen LogP contribution in [0.25, 0.3) is 0 Å². The summed E-state index contributed by atoms with van der Waals surface area (Å²) in [5.74, 6) is -0.145. The van der Waals surface area contributed by atoms with Gasteiger partial charge in [0.1, 0.15) is 6.29 Å². The van der Waals surface area contributed by atoms with E-state index in [0.717, 1.165) is 31.1 Å². The highest BCUT2D eigenvalue weighted by Gasteiger charge is 2.14. The molecule has 0 saturated carbocycles. The Balaban J connectivity index is 2.16. The first-order valence-corrected chi connectivity index (χ1v) is 7.80. The Labute approximate surface area is 126 Å². The first-order chi connectivity index (χ1) is 10.3. The van der Waals surface area contributed by atoms with Crippen LogP contribution in [-0.2, 0) is 11.2 Å². The number of hydrogen-bond donors (Lipinski definition) is 1. The topological polar surface area (TPSA) is 46.2 Å². The molecule has 1 aromatic carbocycles. The zero-order valence-electron chi connectivity index (χ0n) is 12.4. The van der Waals surface area contributed by atoms with E-state index in [4.69, 9.17) is 0 Å². The van der Waals surface area contributed by atoms with Crippen molar-refractivity contribution in [2.24, 2.45) is 0 Å². The fourth-order valence-corrected chi connectivity index (χ4v) is 2.65. The Morgan fingerprint density at radius 2 is 1.86 bits per heavy atom. The Kier molecular flexibility index (Phi) is 6.20. The SMILES string of the molecule is O=CC1C/C=C/CCCCCCc2ccccc2C(=O)N1. The molecule has 3 heteroatoms. The maximum atomic E-state index is 12.4. The molecule has 1 aromatic rings. The van der Waals surface area contributed by atoms with Gasteiger partial charge in [0, 0.05) is 5.56 Å². The maximum Gasteiger partial charge on any atom is 0.252 e. The Morgan fingerprint density at radius 1 is 1.05 bits per heavy atom. The summed E-state index contributed by atoms with van der Waals surface area (Å²) in [6.45, 7) is 0. The average Bonchev–Trinajstić information content (AvgIpc) is 2.51. The maximum absolute atomic E-state index is 12.4. The zero-order chi connectivity index (χ0) is 14.9. The van der Waals surface area contributed by atoms with Crippen LogP contribution < -0.4 is 5.32 Å². The molecule has 0 spiro atoms. The summed E-state index contributed by atoms with van der Waals surface area (Å²) >= 11 is 0. The largest absolute Gasteiger partial charge is 0.342 e. The van der Waals surface area contributed by atoms with Crippen LogP contribution in [-0.4, -0.2) is 18.2 Å². The second-order valence-corrected chi connectivity index (χ2v) is 5.53. The van der Waals surface area contributed by atoms with Gasteiger partial charge in [0.2, 0.25) is 0 Å². The summed E-state index contributed by atoms with van der Waals surface area (Å²) in [5.41, 5.74) is 1.78. The van der Waals surface area contributed by atoms with Gasteiger partial charge in [-0.1, -0.05) is 43.2 Å². The van der Waals surface area contributed by atoms with Gasteiger partial charge in [0.25, 0.3) is 5.91 Å². The molecule has 0 saturated heterocycles. The average molecular weight is 285 g/mol. The van der Waals surface area contributed by atoms with Crippen molar-refractivity contribution in [2.45, 2.75) is 51.0 Å². The molecule has 0 aromatic heterocycles. The number of nitrogens with one attached hydrogen (secondary N) is 1. The molecule has 1 aliphatic rings. The highest BCUT2D eigenvalue weighted by Crippen LogP contribution is 2.15. The van der Waals surface area contributed by atoms with Gasteiger partial charge in [-0.3, -0.25) is 4.79 Å². The third-order valence-electron chi connectivity index (χ3n) is 3.87. The van der Waals surface area contributed by atoms with Crippen molar-refractivity contribution in [1.82, 2.24) is 5.32 Å². The van der Waals surface area contributed by atoms with Crippen LogP contribution in [0, 0.1) is 0 Å². The minimum atomic E-state index is -0.440. The molecule has 0 aliphatic carbocycles. The van der Waals surface area contributed by atoms with Crippen LogP contribution in [0.1, 0.15) is 54.4 Å². The predicted octanol–water partition coefficient (Wildman–Crippen LogP) is 3.44. The van der Waals surface area contributed by atoms with E-state index >= 15 is 0 Å². The normalized spacial score (nSPS) is 22.5. The Bertz CT molecular complexity index is 508. The van der Waals surface area contributed by atoms with Gasteiger partial charge >= 0.3 is 0 Å². The van der Waals surface area contributed by atoms with Gasteiger partial charge in [-0.05, 0) is 43.7 Å². The van der Waals surface area contributed by atoms with Crippen molar-refractivity contribution in [3.63, 3.8) is 0 Å². The lowest BCUT2D eigenvalue weighted by Gasteiger charge is -2.14. The predicted molar refractivity (Wildman–Crippen MR) is 84.3 cm³/mol. The van der Waals surface area contributed by atoms with E-state index in [1.165, 1.54) is 19.3 Å². The van der Waals surface area contributed by atoms with Crippen molar-refractivity contribution in [2.75, 3.05) is 0 Å². The summed E-state index contributed by atoms with van der Waals surface area (Å²) in [6, 6.07) is 7.25. The molecule has 1 unspecified atom stereocenters. The van der Waals surface area contributed by atoms with Crippen LogP contribution in [0.4, 0.5) is 0 Å². The van der Waals surface area contributed by atoms with Gasteiger partial charge in [-0.2, -0.15) is 0 Å². The van der Waals surface area contributed by atoms with Crippen molar-refractivity contribution in [1.29, 1.82) is 0 Å². The van der Waals surface area contributed by atoms with Crippen molar-refractivity contribution >= 4 is 12.2 Å². The van der Waals surface area contributed by atoms with Crippen LogP contribution in [0.3, 0.4) is 0 Å². The third kappa shape index (κ3) is 4.85. The van der Waals surface area contributed by atoms with Gasteiger partial charge in [0.05, 0.1) is 6.04 Å². The van der Waals surface area contributed by atoms with Crippen LogP contribution >= 0.6 is 0 Å². The number of carbonyl (C=O) groups is 2. The molecular weight excluding hydrogens is 262 g/mol. The molecule has 1 atom stereocenters. The van der Waals surface area contributed by atoms with Crippen molar-refractivity contribution < 1.29 is 9.59 Å². The molecule has 0 fully saturated rings. The molecule has 1 heterocycles. The smallest absolute Gasteiger partial charge is 0.252 e. The lowest BCUT2D eigenvalue weighted by Crippen LogP contribution is -2.36. The highest BCUT2D eigenvalue weighted by atomic mass is 16.2. The number of allylic oxidation sites excluding steroid dienone is 1. The summed E-state index contributed by atoms with van der Waals surface area (Å²) in [4.78, 5) is 23.5. The van der Waals surface area contributed by atoms with E-state index < -0.39 is 6.04 Å². The van der Waals surface area contributed by atoms with E-state index in [0.29, 0.717) is 12.0 Å². The first kappa shape index (κ1) is 15.5. The zero-order valence-corrected chi connectivity index (χ0v) is 12.4. The van der Waals surface area contributed by atoms with E-state index in [9.17, 15) is 9.59 Å². The number of carbonyl (C=O) groups excluding carboxylic acids is 2. The number of aryl methyl sites for hydroxylation is 1. The summed E-state index contributed by atoms with van der Waals surface area (Å²) in [5, 5.41) is 2.82. The lowest BCUT2D eigenvalue weighted by atomic mass is 9.99. The van der Waals surface area contributed by atoms with Crippen LogP contribution in [0.5, 0.6) is 0 Å². The molecule has 3 nitrogen and oxygen atoms in total. The monoisotopic (exact) mass is 285 g/mol. The molecule has 0 bridgehead atoms. The third-order valence-corrected chi connectivity index (χ3v) is 3.87. The van der Waals surface area contributed by atoms with Gasteiger partial charge < -0.3 is 10.1 Å². The van der Waals surface area contributed by atoms with Crippen LogP contribution in [0.15, 0.2) is 36.4 Å². The van der Waals surface area contributed by atoms with Crippen LogP contribution in [0.2, 0.25) is 0 Å². The molecular formula is C18H23NO2. The van der Waals surface area contributed by atoms with Crippen molar-refractivity contribution in [3.8, 4) is 0 Å². The number of fused-ring (bicyclic) bond motifs is 1. The van der Waals surface area contributed by atoms with E-state index in [-0.39, 0.29) is 5.91 Å². The number of hydrogen-bond acceptors (Lipinski definition) is 2. The van der Waals surface area contributed by atoms with E-state index in [1.54, 1.807) is 0 Å². The minimum Gasteiger partial charge on any atom is -0.342 e. The fraction of sp³-hybridized carbons (Fsp3) is 0.444. The van der Waals surface area contributed by atoms with E-state index in [2.05, 4.69) is 11.4 Å². The molecule has 0 radical (unpaired) electrons. The first-order valence-electron chi connectivity index (χ1n) is 7.80. The van der Waals surface area contributed by atoms with E-state index in [1.807, 2.05) is 30.3 Å². The van der Waals surface area contributed by atoms with Crippen molar-refractivity contribution in [3.05, 3.63) is 47.5 Å². The summed E-state index contributed by atoms with van der Waals surface area (Å²) in [7, 11) is 0. The Morgan fingerprint density at radius 3 is 2.71 bits per heavy atom. The number of rotatable bonds is 1. The fourth-order valence-electron chi connectivity index (χ4n) is 2.65.